The van der Waals surface area contributed by atoms with E-state index in [4.69, 9.17) is 5.73 Å². The Morgan fingerprint density at radius 2 is 2.16 bits per heavy atom. The van der Waals surface area contributed by atoms with Crippen LogP contribution in [-0.4, -0.2) is 20.9 Å². The molecule has 0 amide bonds. The Morgan fingerprint density at radius 3 is 2.74 bits per heavy atom. The molecule has 1 heterocycles. The Bertz CT molecular complexity index is 457. The molecule has 1 saturated carbocycles. The van der Waals surface area contributed by atoms with Gasteiger partial charge in [-0.3, -0.25) is 10.1 Å². The molecule has 1 aromatic heterocycles. The van der Waals surface area contributed by atoms with Crippen molar-refractivity contribution in [3.8, 4) is 0 Å². The Balaban J connectivity index is 2.06. The number of nitro groups is 1. The molecule has 2 rings (SSSR count). The van der Waals surface area contributed by atoms with E-state index >= 15 is 0 Å². The maximum absolute atomic E-state index is 10.9. The largest absolute Gasteiger partial charge is 0.368 e. The van der Waals surface area contributed by atoms with Gasteiger partial charge in [0.05, 0.1) is 4.92 Å². The van der Waals surface area contributed by atoms with Gasteiger partial charge in [-0.05, 0) is 31.6 Å². The maximum Gasteiger partial charge on any atom is 0.329 e. The van der Waals surface area contributed by atoms with Crippen molar-refractivity contribution in [1.29, 1.82) is 0 Å². The first-order valence-corrected chi connectivity index (χ1v) is 6.63. The Morgan fingerprint density at radius 1 is 1.47 bits per heavy atom. The van der Waals surface area contributed by atoms with Gasteiger partial charge in [-0.15, -0.1) is 0 Å². The van der Waals surface area contributed by atoms with Gasteiger partial charge in [0.25, 0.3) is 0 Å². The second kappa shape index (κ2) is 5.81. The summed E-state index contributed by atoms with van der Waals surface area (Å²) >= 11 is 0. The lowest BCUT2D eigenvalue weighted by Gasteiger charge is -2.28. The fraction of sp³-hybridized carbons (Fsp3) is 0.667. The molecular formula is C12H19N5O2. The van der Waals surface area contributed by atoms with Crippen LogP contribution < -0.4 is 11.1 Å². The highest BCUT2D eigenvalue weighted by molar-refractivity contribution is 5.56. The number of nitrogens with two attached hydrogens (primary N) is 1. The van der Waals surface area contributed by atoms with Crippen molar-refractivity contribution in [2.24, 2.45) is 5.92 Å². The number of anilines is 2. The van der Waals surface area contributed by atoms with Gasteiger partial charge in [-0.1, -0.05) is 13.3 Å². The summed E-state index contributed by atoms with van der Waals surface area (Å²) in [5.74, 6) is 1.07. The van der Waals surface area contributed by atoms with Gasteiger partial charge in [0, 0.05) is 6.04 Å². The fourth-order valence-corrected chi connectivity index (χ4v) is 2.54. The van der Waals surface area contributed by atoms with E-state index in [1.807, 2.05) is 0 Å². The third-order valence-corrected chi connectivity index (χ3v) is 3.75. The number of nitrogen functional groups attached to an aromatic ring is 1. The molecule has 0 spiro atoms. The average Bonchev–Trinajstić information content (AvgIpc) is 2.39. The van der Waals surface area contributed by atoms with E-state index in [0.717, 1.165) is 37.8 Å². The third kappa shape index (κ3) is 3.30. The number of aromatic nitrogens is 2. The normalized spacial score (nSPS) is 23.0. The molecule has 0 bridgehead atoms. The average molecular weight is 265 g/mol. The predicted molar refractivity (Wildman–Crippen MR) is 72.8 cm³/mol. The van der Waals surface area contributed by atoms with Crippen molar-refractivity contribution in [2.75, 3.05) is 11.1 Å². The van der Waals surface area contributed by atoms with Crippen molar-refractivity contribution in [3.63, 3.8) is 0 Å². The molecule has 1 fully saturated rings. The molecule has 7 heteroatoms. The minimum Gasteiger partial charge on any atom is -0.368 e. The molecule has 0 aliphatic heterocycles. The first-order chi connectivity index (χ1) is 9.10. The number of hydrogen-bond acceptors (Lipinski definition) is 6. The highest BCUT2D eigenvalue weighted by atomic mass is 16.6. The molecule has 19 heavy (non-hydrogen) atoms. The molecule has 1 aliphatic carbocycles. The van der Waals surface area contributed by atoms with E-state index in [-0.39, 0.29) is 23.5 Å². The van der Waals surface area contributed by atoms with Crippen LogP contribution >= 0.6 is 0 Å². The summed E-state index contributed by atoms with van der Waals surface area (Å²) in [7, 11) is 0. The Labute approximate surface area is 111 Å². The summed E-state index contributed by atoms with van der Waals surface area (Å²) in [4.78, 5) is 18.0. The summed E-state index contributed by atoms with van der Waals surface area (Å²) < 4.78 is 0. The number of nitrogens with zero attached hydrogens (tertiary/aromatic N) is 3. The summed E-state index contributed by atoms with van der Waals surface area (Å²) in [5.41, 5.74) is 5.37. The topological polar surface area (TPSA) is 107 Å². The SMILES string of the molecule is CCC1CCC(Nc2nc(N)ncc2[N+](=O)[O-])CC1. The van der Waals surface area contributed by atoms with Gasteiger partial charge >= 0.3 is 5.69 Å². The van der Waals surface area contributed by atoms with Crippen LogP contribution in [0.5, 0.6) is 0 Å². The lowest BCUT2D eigenvalue weighted by molar-refractivity contribution is -0.384. The van der Waals surface area contributed by atoms with Gasteiger partial charge in [0.2, 0.25) is 11.8 Å². The highest BCUT2D eigenvalue weighted by Gasteiger charge is 2.24. The lowest BCUT2D eigenvalue weighted by atomic mass is 9.84. The molecule has 0 atom stereocenters. The quantitative estimate of drug-likeness (QED) is 0.639. The molecular weight excluding hydrogens is 246 g/mol. The summed E-state index contributed by atoms with van der Waals surface area (Å²) in [5, 5.41) is 14.1. The van der Waals surface area contributed by atoms with Crippen LogP contribution in [0.2, 0.25) is 0 Å². The van der Waals surface area contributed by atoms with Gasteiger partial charge in [0.1, 0.15) is 6.20 Å². The molecule has 0 unspecified atom stereocenters. The molecule has 0 saturated heterocycles. The second-order valence-corrected chi connectivity index (χ2v) is 4.99. The fourth-order valence-electron chi connectivity index (χ4n) is 2.54. The first-order valence-electron chi connectivity index (χ1n) is 6.63. The van der Waals surface area contributed by atoms with E-state index in [0.29, 0.717) is 0 Å². The highest BCUT2D eigenvalue weighted by Crippen LogP contribution is 2.30. The van der Waals surface area contributed by atoms with Crippen molar-refractivity contribution in [3.05, 3.63) is 16.3 Å². The van der Waals surface area contributed by atoms with E-state index in [2.05, 4.69) is 22.2 Å². The van der Waals surface area contributed by atoms with Crippen LogP contribution in [-0.2, 0) is 0 Å². The summed E-state index contributed by atoms with van der Waals surface area (Å²) in [6.45, 7) is 2.20. The standard InChI is InChI=1S/C12H19N5O2/c1-2-8-3-5-9(6-4-8)15-11-10(17(18)19)7-14-12(13)16-11/h7-9H,2-6H2,1H3,(H3,13,14,15,16). The minimum atomic E-state index is -0.487. The van der Waals surface area contributed by atoms with E-state index in [9.17, 15) is 10.1 Å². The third-order valence-electron chi connectivity index (χ3n) is 3.75. The van der Waals surface area contributed by atoms with Crippen LogP contribution in [0.4, 0.5) is 17.5 Å². The summed E-state index contributed by atoms with van der Waals surface area (Å²) in [6, 6.07) is 0.232. The molecule has 7 nitrogen and oxygen atoms in total. The lowest BCUT2D eigenvalue weighted by Crippen LogP contribution is -2.27. The van der Waals surface area contributed by atoms with Crippen LogP contribution in [0.3, 0.4) is 0 Å². The molecule has 3 N–H and O–H groups in total. The van der Waals surface area contributed by atoms with Crippen LogP contribution in [0.25, 0.3) is 0 Å². The smallest absolute Gasteiger partial charge is 0.329 e. The van der Waals surface area contributed by atoms with E-state index in [1.54, 1.807) is 0 Å². The molecule has 104 valence electrons. The van der Waals surface area contributed by atoms with Crippen molar-refractivity contribution in [1.82, 2.24) is 9.97 Å². The summed E-state index contributed by atoms with van der Waals surface area (Å²) in [6.07, 6.45) is 6.69. The van der Waals surface area contributed by atoms with E-state index < -0.39 is 4.92 Å². The van der Waals surface area contributed by atoms with Gasteiger partial charge in [0.15, 0.2) is 0 Å². The number of hydrogen-bond donors (Lipinski definition) is 2. The zero-order valence-corrected chi connectivity index (χ0v) is 11.0. The number of rotatable bonds is 4. The first kappa shape index (κ1) is 13.5. The molecule has 0 radical (unpaired) electrons. The van der Waals surface area contributed by atoms with Crippen LogP contribution in [0, 0.1) is 16.0 Å². The molecule has 0 aromatic carbocycles. The zero-order valence-electron chi connectivity index (χ0n) is 11.0. The zero-order chi connectivity index (χ0) is 13.8. The molecule has 1 aromatic rings. The Hall–Kier alpha value is -1.92. The maximum atomic E-state index is 10.9. The number of nitrogens with one attached hydrogen (secondary N) is 1. The van der Waals surface area contributed by atoms with E-state index in [1.165, 1.54) is 6.42 Å². The van der Waals surface area contributed by atoms with Crippen LogP contribution in [0.15, 0.2) is 6.20 Å². The Kier molecular flexibility index (Phi) is 4.13. The van der Waals surface area contributed by atoms with Crippen molar-refractivity contribution < 1.29 is 4.92 Å². The van der Waals surface area contributed by atoms with Crippen molar-refractivity contribution >= 4 is 17.5 Å². The van der Waals surface area contributed by atoms with Crippen LogP contribution in [0.1, 0.15) is 39.0 Å². The molecule has 1 aliphatic rings. The minimum absolute atomic E-state index is 0.0512. The second-order valence-electron chi connectivity index (χ2n) is 4.99. The predicted octanol–water partition coefficient (Wildman–Crippen LogP) is 2.35. The monoisotopic (exact) mass is 265 g/mol. The van der Waals surface area contributed by atoms with Gasteiger partial charge in [-0.25, -0.2) is 4.98 Å². The van der Waals surface area contributed by atoms with Gasteiger partial charge < -0.3 is 11.1 Å². The van der Waals surface area contributed by atoms with Gasteiger partial charge in [-0.2, -0.15) is 4.98 Å². The van der Waals surface area contributed by atoms with Crippen molar-refractivity contribution in [2.45, 2.75) is 45.1 Å².